The Labute approximate surface area is 81.4 Å². The monoisotopic (exact) mass is 196 g/mol. The average molecular weight is 196 g/mol. The number of carbonyl (C=O) groups excluding carboxylic acids is 3. The number of fused-ring (bicyclic) bond motifs is 1. The minimum Gasteiger partial charge on any atom is -0.359 e. The molecular formula is C9H12N2O3. The smallest absolute Gasteiger partial charge is 0.233 e. The van der Waals surface area contributed by atoms with E-state index in [0.717, 1.165) is 4.90 Å². The first-order valence-electron chi connectivity index (χ1n) is 4.61. The summed E-state index contributed by atoms with van der Waals surface area (Å²) in [5.74, 6) is -1.42. The van der Waals surface area contributed by atoms with E-state index in [1.165, 1.54) is 7.05 Å². The Hall–Kier alpha value is -1.39. The van der Waals surface area contributed by atoms with Crippen LogP contribution in [0, 0.1) is 17.8 Å². The fourth-order valence-electron chi connectivity index (χ4n) is 2.29. The number of nitrogens with one attached hydrogen (secondary N) is 1. The lowest BCUT2D eigenvalue weighted by Crippen LogP contribution is -2.47. The third-order valence-corrected chi connectivity index (χ3v) is 3.22. The second-order valence-electron chi connectivity index (χ2n) is 3.82. The van der Waals surface area contributed by atoms with E-state index in [1.807, 2.05) is 0 Å². The zero-order valence-corrected chi connectivity index (χ0v) is 8.11. The molecule has 5 heteroatoms. The maximum atomic E-state index is 11.5. The molecule has 0 aromatic rings. The summed E-state index contributed by atoms with van der Waals surface area (Å²) in [5.41, 5.74) is 0. The summed E-state index contributed by atoms with van der Waals surface area (Å²) in [7, 11) is 3.02. The van der Waals surface area contributed by atoms with Gasteiger partial charge in [0.05, 0.1) is 17.8 Å². The van der Waals surface area contributed by atoms with E-state index in [4.69, 9.17) is 0 Å². The molecule has 0 radical (unpaired) electrons. The number of hydrogen-bond donors (Lipinski definition) is 1. The predicted molar refractivity (Wildman–Crippen MR) is 46.9 cm³/mol. The van der Waals surface area contributed by atoms with E-state index in [1.54, 1.807) is 7.05 Å². The number of carbonyl (C=O) groups is 3. The molecule has 3 amide bonds. The summed E-state index contributed by atoms with van der Waals surface area (Å²) in [6.45, 7) is 0. The van der Waals surface area contributed by atoms with Crippen LogP contribution in [-0.4, -0.2) is 36.7 Å². The van der Waals surface area contributed by atoms with Crippen molar-refractivity contribution in [3.8, 4) is 0 Å². The lowest BCUT2D eigenvalue weighted by atomic mass is 9.65. The zero-order valence-electron chi connectivity index (χ0n) is 8.11. The SMILES string of the molecule is CNC(=O)C1C[C@H]2C(=O)N(C)C(=O)[C@@H]12. The van der Waals surface area contributed by atoms with Crippen LogP contribution in [0.1, 0.15) is 6.42 Å². The molecule has 0 aromatic carbocycles. The van der Waals surface area contributed by atoms with Crippen molar-refractivity contribution in [1.29, 1.82) is 0 Å². The Morgan fingerprint density at radius 1 is 1.43 bits per heavy atom. The standard InChI is InChI=1S/C9H12N2O3/c1-10-7(12)4-3-5-6(4)9(14)11(2)8(5)13/h4-6H,3H2,1-2H3,(H,10,12)/t4?,5-,6+/m1/s1. The molecule has 1 saturated heterocycles. The summed E-state index contributed by atoms with van der Waals surface area (Å²) in [6.07, 6.45) is 0.513. The van der Waals surface area contributed by atoms with Gasteiger partial charge in [0.1, 0.15) is 0 Å². The van der Waals surface area contributed by atoms with Gasteiger partial charge in [-0.2, -0.15) is 0 Å². The van der Waals surface area contributed by atoms with Gasteiger partial charge in [0, 0.05) is 14.1 Å². The Bertz CT molecular complexity index is 326. The van der Waals surface area contributed by atoms with Crippen LogP contribution in [0.2, 0.25) is 0 Å². The molecule has 1 unspecified atom stereocenters. The van der Waals surface area contributed by atoms with Gasteiger partial charge in [0.15, 0.2) is 0 Å². The number of imide groups is 1. The molecule has 1 saturated carbocycles. The molecule has 2 aliphatic rings. The van der Waals surface area contributed by atoms with Crippen molar-refractivity contribution in [3.05, 3.63) is 0 Å². The Morgan fingerprint density at radius 2 is 2.07 bits per heavy atom. The number of rotatable bonds is 1. The van der Waals surface area contributed by atoms with Gasteiger partial charge >= 0.3 is 0 Å². The molecule has 14 heavy (non-hydrogen) atoms. The van der Waals surface area contributed by atoms with Crippen molar-refractivity contribution < 1.29 is 14.4 Å². The normalized spacial score (nSPS) is 35.3. The largest absolute Gasteiger partial charge is 0.359 e. The van der Waals surface area contributed by atoms with Crippen molar-refractivity contribution in [2.75, 3.05) is 14.1 Å². The van der Waals surface area contributed by atoms with Gasteiger partial charge < -0.3 is 5.32 Å². The predicted octanol–water partition coefficient (Wildman–Crippen LogP) is -1.02. The van der Waals surface area contributed by atoms with Crippen LogP contribution in [0.4, 0.5) is 0 Å². The molecular weight excluding hydrogens is 184 g/mol. The molecule has 1 aliphatic carbocycles. The third kappa shape index (κ3) is 0.921. The number of likely N-dealkylation sites (tertiary alicyclic amines) is 1. The van der Waals surface area contributed by atoms with Gasteiger partial charge in [-0.05, 0) is 6.42 Å². The van der Waals surface area contributed by atoms with E-state index >= 15 is 0 Å². The van der Waals surface area contributed by atoms with Gasteiger partial charge in [0.25, 0.3) is 0 Å². The highest BCUT2D eigenvalue weighted by atomic mass is 16.2. The fraction of sp³-hybridized carbons (Fsp3) is 0.667. The maximum absolute atomic E-state index is 11.5. The quantitative estimate of drug-likeness (QED) is 0.546. The van der Waals surface area contributed by atoms with Gasteiger partial charge in [-0.3, -0.25) is 19.3 Å². The van der Waals surface area contributed by atoms with Crippen LogP contribution < -0.4 is 5.32 Å². The first kappa shape index (κ1) is 9.18. The molecule has 2 rings (SSSR count). The number of amides is 3. The van der Waals surface area contributed by atoms with Crippen molar-refractivity contribution in [3.63, 3.8) is 0 Å². The molecule has 5 nitrogen and oxygen atoms in total. The highest BCUT2D eigenvalue weighted by molar-refractivity contribution is 6.08. The molecule has 76 valence electrons. The molecule has 1 N–H and O–H groups in total. The van der Waals surface area contributed by atoms with Crippen LogP contribution in [0.15, 0.2) is 0 Å². The minimum atomic E-state index is -0.396. The Kier molecular flexibility index (Phi) is 1.83. The zero-order chi connectivity index (χ0) is 10.5. The molecule has 3 atom stereocenters. The van der Waals surface area contributed by atoms with Crippen LogP contribution in [0.5, 0.6) is 0 Å². The summed E-state index contributed by atoms with van der Waals surface area (Å²) in [4.78, 5) is 35.4. The second kappa shape index (κ2) is 2.80. The van der Waals surface area contributed by atoms with Crippen LogP contribution in [0.25, 0.3) is 0 Å². The topological polar surface area (TPSA) is 66.5 Å². The van der Waals surface area contributed by atoms with E-state index in [-0.39, 0.29) is 29.6 Å². The number of hydrogen-bond acceptors (Lipinski definition) is 3. The third-order valence-electron chi connectivity index (χ3n) is 3.22. The summed E-state index contributed by atoms with van der Waals surface area (Å²) < 4.78 is 0. The van der Waals surface area contributed by atoms with Gasteiger partial charge in [0.2, 0.25) is 17.7 Å². The summed E-state index contributed by atoms with van der Waals surface area (Å²) in [5, 5.41) is 2.51. The summed E-state index contributed by atoms with van der Waals surface area (Å²) in [6, 6.07) is 0. The van der Waals surface area contributed by atoms with Crippen molar-refractivity contribution in [2.45, 2.75) is 6.42 Å². The lowest BCUT2D eigenvalue weighted by molar-refractivity contribution is -0.142. The Morgan fingerprint density at radius 3 is 2.57 bits per heavy atom. The molecule has 0 aromatic heterocycles. The van der Waals surface area contributed by atoms with Crippen molar-refractivity contribution >= 4 is 17.7 Å². The average Bonchev–Trinajstić information content (AvgIpc) is 2.27. The number of nitrogens with zero attached hydrogens (tertiary/aromatic N) is 1. The highest BCUT2D eigenvalue weighted by Gasteiger charge is 2.59. The van der Waals surface area contributed by atoms with Gasteiger partial charge in [-0.15, -0.1) is 0 Å². The molecule has 2 fully saturated rings. The van der Waals surface area contributed by atoms with Crippen LogP contribution in [-0.2, 0) is 14.4 Å². The lowest BCUT2D eigenvalue weighted by Gasteiger charge is -2.34. The molecule has 0 spiro atoms. The minimum absolute atomic E-state index is 0.136. The summed E-state index contributed by atoms with van der Waals surface area (Å²) >= 11 is 0. The first-order chi connectivity index (χ1) is 6.57. The van der Waals surface area contributed by atoms with Crippen LogP contribution >= 0.6 is 0 Å². The second-order valence-corrected chi connectivity index (χ2v) is 3.82. The highest BCUT2D eigenvalue weighted by Crippen LogP contribution is 2.46. The van der Waals surface area contributed by atoms with E-state index in [2.05, 4.69) is 5.32 Å². The van der Waals surface area contributed by atoms with Crippen LogP contribution in [0.3, 0.4) is 0 Å². The van der Waals surface area contributed by atoms with Gasteiger partial charge in [-0.1, -0.05) is 0 Å². The van der Waals surface area contributed by atoms with Crippen molar-refractivity contribution in [1.82, 2.24) is 10.2 Å². The van der Waals surface area contributed by atoms with E-state index in [0.29, 0.717) is 6.42 Å². The molecule has 1 heterocycles. The van der Waals surface area contributed by atoms with E-state index < -0.39 is 5.92 Å². The van der Waals surface area contributed by atoms with Gasteiger partial charge in [-0.25, -0.2) is 0 Å². The first-order valence-corrected chi connectivity index (χ1v) is 4.61. The Balaban J connectivity index is 2.17. The molecule has 1 aliphatic heterocycles. The van der Waals surface area contributed by atoms with E-state index in [9.17, 15) is 14.4 Å². The maximum Gasteiger partial charge on any atom is 0.233 e. The fourth-order valence-corrected chi connectivity index (χ4v) is 2.29. The van der Waals surface area contributed by atoms with Crippen molar-refractivity contribution in [2.24, 2.45) is 17.8 Å². The molecule has 0 bridgehead atoms.